The zero-order valence-electron chi connectivity index (χ0n) is 11.7. The molecule has 1 aliphatic heterocycles. The fraction of sp³-hybridized carbons (Fsp3) is 0.267. The lowest BCUT2D eigenvalue weighted by Crippen LogP contribution is -2.27. The van der Waals surface area contributed by atoms with Crippen molar-refractivity contribution in [2.75, 3.05) is 13.1 Å². The maximum absolute atomic E-state index is 12.4. The van der Waals surface area contributed by atoms with Gasteiger partial charge in [0.1, 0.15) is 10.9 Å². The molecule has 1 aromatic heterocycles. The van der Waals surface area contributed by atoms with E-state index in [1.165, 1.54) is 23.1 Å². The van der Waals surface area contributed by atoms with E-state index in [2.05, 4.69) is 6.07 Å². The van der Waals surface area contributed by atoms with E-state index in [-0.39, 0.29) is 0 Å². The molecule has 0 aliphatic carbocycles. The van der Waals surface area contributed by atoms with Gasteiger partial charge < -0.3 is 0 Å². The molecule has 1 aromatic carbocycles. The first-order valence-electron chi connectivity index (χ1n) is 6.87. The highest BCUT2D eigenvalue weighted by Gasteiger charge is 2.26. The van der Waals surface area contributed by atoms with E-state index in [0.717, 1.165) is 21.9 Å². The average Bonchev–Trinajstić information content (AvgIpc) is 3.19. The topological polar surface area (TPSA) is 61.2 Å². The SMILES string of the molecule is N#Cc1ccc(Sc2ccc(S(=O)(=O)N3CCCC3)cc2)s1. The van der Waals surface area contributed by atoms with Crippen LogP contribution in [-0.4, -0.2) is 25.8 Å². The number of nitriles is 1. The molecule has 1 aliphatic rings. The summed E-state index contributed by atoms with van der Waals surface area (Å²) in [6.45, 7) is 1.23. The Morgan fingerprint density at radius 1 is 1.09 bits per heavy atom. The molecule has 0 bridgehead atoms. The number of sulfonamides is 1. The summed E-state index contributed by atoms with van der Waals surface area (Å²) < 4.78 is 27.4. The smallest absolute Gasteiger partial charge is 0.207 e. The quantitative estimate of drug-likeness (QED) is 0.846. The van der Waals surface area contributed by atoms with Crippen molar-refractivity contribution in [1.29, 1.82) is 5.26 Å². The largest absolute Gasteiger partial charge is 0.243 e. The Bertz CT molecular complexity index is 798. The summed E-state index contributed by atoms with van der Waals surface area (Å²) in [5.74, 6) is 0. The van der Waals surface area contributed by atoms with Crippen LogP contribution in [-0.2, 0) is 10.0 Å². The number of benzene rings is 1. The van der Waals surface area contributed by atoms with Gasteiger partial charge in [-0.15, -0.1) is 11.3 Å². The maximum Gasteiger partial charge on any atom is 0.243 e. The third-order valence-electron chi connectivity index (χ3n) is 3.44. The Labute approximate surface area is 138 Å². The first-order chi connectivity index (χ1) is 10.6. The predicted octanol–water partition coefficient (Wildman–Crippen LogP) is 3.56. The molecular weight excluding hydrogens is 336 g/mol. The van der Waals surface area contributed by atoms with Crippen molar-refractivity contribution < 1.29 is 8.42 Å². The lowest BCUT2D eigenvalue weighted by atomic mass is 10.4. The molecule has 0 amide bonds. The van der Waals surface area contributed by atoms with Crippen LogP contribution >= 0.6 is 23.1 Å². The average molecular weight is 350 g/mol. The first kappa shape index (κ1) is 15.6. The molecule has 3 rings (SSSR count). The molecule has 0 atom stereocenters. The lowest BCUT2D eigenvalue weighted by Gasteiger charge is -2.15. The minimum atomic E-state index is -3.34. The van der Waals surface area contributed by atoms with Crippen molar-refractivity contribution >= 4 is 33.1 Å². The Morgan fingerprint density at radius 2 is 1.77 bits per heavy atom. The zero-order valence-corrected chi connectivity index (χ0v) is 14.2. The highest BCUT2D eigenvalue weighted by atomic mass is 32.2. The Morgan fingerprint density at radius 3 is 2.36 bits per heavy atom. The molecule has 0 unspecified atom stereocenters. The van der Waals surface area contributed by atoms with E-state index >= 15 is 0 Å². The summed E-state index contributed by atoms with van der Waals surface area (Å²) in [6, 6.07) is 12.8. The van der Waals surface area contributed by atoms with E-state index in [9.17, 15) is 8.42 Å². The van der Waals surface area contributed by atoms with E-state index in [1.807, 2.05) is 18.2 Å². The van der Waals surface area contributed by atoms with Gasteiger partial charge in [0.25, 0.3) is 0 Å². The Kier molecular flexibility index (Phi) is 4.54. The molecule has 1 fully saturated rings. The van der Waals surface area contributed by atoms with Gasteiger partial charge in [-0.05, 0) is 49.2 Å². The van der Waals surface area contributed by atoms with Crippen molar-refractivity contribution in [2.45, 2.75) is 26.8 Å². The molecule has 7 heteroatoms. The molecule has 0 saturated carbocycles. The van der Waals surface area contributed by atoms with Crippen LogP contribution in [0, 0.1) is 11.3 Å². The predicted molar refractivity (Wildman–Crippen MR) is 87.6 cm³/mol. The number of rotatable bonds is 4. The van der Waals surface area contributed by atoms with Gasteiger partial charge in [-0.25, -0.2) is 8.42 Å². The van der Waals surface area contributed by atoms with Gasteiger partial charge in [0, 0.05) is 18.0 Å². The molecule has 2 heterocycles. The van der Waals surface area contributed by atoms with Crippen LogP contribution in [0.1, 0.15) is 17.7 Å². The van der Waals surface area contributed by atoms with Crippen molar-refractivity contribution in [3.8, 4) is 6.07 Å². The summed E-state index contributed by atoms with van der Waals surface area (Å²) in [4.78, 5) is 1.99. The van der Waals surface area contributed by atoms with Crippen molar-refractivity contribution in [3.05, 3.63) is 41.3 Å². The van der Waals surface area contributed by atoms with Gasteiger partial charge in [-0.2, -0.15) is 9.57 Å². The highest BCUT2D eigenvalue weighted by molar-refractivity contribution is 8.01. The van der Waals surface area contributed by atoms with Gasteiger partial charge in [0.15, 0.2) is 0 Å². The summed E-state index contributed by atoms with van der Waals surface area (Å²) in [7, 11) is -3.34. The van der Waals surface area contributed by atoms with Crippen LogP contribution in [0.3, 0.4) is 0 Å². The monoisotopic (exact) mass is 350 g/mol. The second kappa shape index (κ2) is 6.42. The van der Waals surface area contributed by atoms with Crippen molar-refractivity contribution in [3.63, 3.8) is 0 Å². The van der Waals surface area contributed by atoms with Gasteiger partial charge in [0.2, 0.25) is 10.0 Å². The van der Waals surface area contributed by atoms with E-state index < -0.39 is 10.0 Å². The number of nitrogens with zero attached hydrogens (tertiary/aromatic N) is 2. The van der Waals surface area contributed by atoms with Gasteiger partial charge >= 0.3 is 0 Å². The summed E-state index contributed by atoms with van der Waals surface area (Å²) >= 11 is 2.97. The van der Waals surface area contributed by atoms with E-state index in [0.29, 0.717) is 22.9 Å². The van der Waals surface area contributed by atoms with Gasteiger partial charge in [-0.3, -0.25) is 0 Å². The molecule has 114 valence electrons. The Balaban J connectivity index is 1.76. The lowest BCUT2D eigenvalue weighted by molar-refractivity contribution is 0.477. The minimum absolute atomic E-state index is 0.350. The van der Waals surface area contributed by atoms with Crippen LogP contribution < -0.4 is 0 Å². The normalized spacial score (nSPS) is 15.8. The molecular formula is C15H14N2O2S3. The third-order valence-corrected chi connectivity index (χ3v) is 7.48. The summed E-state index contributed by atoms with van der Waals surface area (Å²) in [6.07, 6.45) is 1.87. The van der Waals surface area contributed by atoms with Gasteiger partial charge in [0.05, 0.1) is 9.10 Å². The highest BCUT2D eigenvalue weighted by Crippen LogP contribution is 2.34. The van der Waals surface area contributed by atoms with Crippen LogP contribution in [0.4, 0.5) is 0 Å². The number of thiophene rings is 1. The summed E-state index contributed by atoms with van der Waals surface area (Å²) in [5.41, 5.74) is 0. The zero-order chi connectivity index (χ0) is 15.6. The minimum Gasteiger partial charge on any atom is -0.207 e. The molecule has 22 heavy (non-hydrogen) atoms. The third kappa shape index (κ3) is 3.20. The molecule has 1 saturated heterocycles. The molecule has 2 aromatic rings. The van der Waals surface area contributed by atoms with Crippen LogP contribution in [0.5, 0.6) is 0 Å². The maximum atomic E-state index is 12.4. The molecule has 0 radical (unpaired) electrons. The molecule has 0 spiro atoms. The van der Waals surface area contributed by atoms with Crippen molar-refractivity contribution in [1.82, 2.24) is 4.31 Å². The van der Waals surface area contributed by atoms with E-state index in [4.69, 9.17) is 5.26 Å². The van der Waals surface area contributed by atoms with Crippen molar-refractivity contribution in [2.24, 2.45) is 0 Å². The van der Waals surface area contributed by atoms with Crippen LogP contribution in [0.15, 0.2) is 50.4 Å². The number of hydrogen-bond acceptors (Lipinski definition) is 5. The summed E-state index contributed by atoms with van der Waals surface area (Å²) in [5, 5.41) is 8.83. The van der Waals surface area contributed by atoms with E-state index in [1.54, 1.807) is 22.5 Å². The molecule has 4 nitrogen and oxygen atoms in total. The Hall–Kier alpha value is -1.33. The standard InChI is InChI=1S/C15H14N2O2S3/c16-11-13-5-8-15(21-13)20-12-3-6-14(7-4-12)22(18,19)17-9-1-2-10-17/h3-8H,1-2,9-10H2. The fourth-order valence-electron chi connectivity index (χ4n) is 2.31. The number of hydrogen-bond donors (Lipinski definition) is 0. The second-order valence-corrected chi connectivity index (χ2v) is 9.31. The first-order valence-corrected chi connectivity index (χ1v) is 9.95. The van der Waals surface area contributed by atoms with Crippen LogP contribution in [0.25, 0.3) is 0 Å². The van der Waals surface area contributed by atoms with Gasteiger partial charge in [-0.1, -0.05) is 11.8 Å². The molecule has 0 N–H and O–H groups in total. The second-order valence-electron chi connectivity index (χ2n) is 4.92. The fourth-order valence-corrected chi connectivity index (χ4v) is 5.73. The van der Waals surface area contributed by atoms with Crippen LogP contribution in [0.2, 0.25) is 0 Å².